The van der Waals surface area contributed by atoms with Crippen LogP contribution in [0, 0.1) is 0 Å². The van der Waals surface area contributed by atoms with Gasteiger partial charge in [-0.05, 0) is 38.1 Å². The average molecular weight is 263 g/mol. The van der Waals surface area contributed by atoms with Crippen LogP contribution in [0.3, 0.4) is 0 Å². The molecule has 5 heteroatoms. The summed E-state index contributed by atoms with van der Waals surface area (Å²) in [6.07, 6.45) is -0.716. The van der Waals surface area contributed by atoms with E-state index in [2.05, 4.69) is 0 Å². The Morgan fingerprint density at radius 2 is 1.84 bits per heavy atom. The SMILES string of the molecule is COc1ccc(N2C(=O)[C@H](OC(C)=O)C2(C)C)cc1. The van der Waals surface area contributed by atoms with Gasteiger partial charge in [0.2, 0.25) is 6.10 Å². The number of esters is 1. The van der Waals surface area contributed by atoms with Crippen LogP contribution < -0.4 is 9.64 Å². The number of hydrogen-bond acceptors (Lipinski definition) is 4. The first-order valence-corrected chi connectivity index (χ1v) is 6.03. The third-order valence-corrected chi connectivity index (χ3v) is 3.28. The molecule has 2 rings (SSSR count). The Bertz CT molecular complexity index is 507. The number of rotatable bonds is 3. The van der Waals surface area contributed by atoms with Crippen molar-refractivity contribution < 1.29 is 19.1 Å². The minimum absolute atomic E-state index is 0.203. The van der Waals surface area contributed by atoms with Gasteiger partial charge in [-0.3, -0.25) is 14.5 Å². The molecule has 1 aromatic carbocycles. The molecule has 0 saturated carbocycles. The number of benzene rings is 1. The quantitative estimate of drug-likeness (QED) is 0.616. The van der Waals surface area contributed by atoms with Crippen LogP contribution in [0.5, 0.6) is 5.75 Å². The summed E-state index contributed by atoms with van der Waals surface area (Å²) in [4.78, 5) is 24.7. The molecule has 1 fully saturated rings. The van der Waals surface area contributed by atoms with Gasteiger partial charge < -0.3 is 9.47 Å². The maximum absolute atomic E-state index is 12.1. The van der Waals surface area contributed by atoms with Gasteiger partial charge in [-0.1, -0.05) is 0 Å². The van der Waals surface area contributed by atoms with E-state index in [4.69, 9.17) is 9.47 Å². The van der Waals surface area contributed by atoms with Crippen LogP contribution in [0.2, 0.25) is 0 Å². The summed E-state index contributed by atoms with van der Waals surface area (Å²) < 4.78 is 10.1. The number of methoxy groups -OCH3 is 1. The molecule has 1 aliphatic heterocycles. The van der Waals surface area contributed by atoms with E-state index >= 15 is 0 Å². The number of ether oxygens (including phenoxy) is 2. The summed E-state index contributed by atoms with van der Waals surface area (Å²) in [6, 6.07) is 7.20. The summed E-state index contributed by atoms with van der Waals surface area (Å²) in [5.74, 6) is 0.0808. The number of hydrogen-bond donors (Lipinski definition) is 0. The Labute approximate surface area is 112 Å². The van der Waals surface area contributed by atoms with Crippen molar-refractivity contribution in [3.05, 3.63) is 24.3 Å². The van der Waals surface area contributed by atoms with Gasteiger partial charge in [-0.25, -0.2) is 0 Å². The van der Waals surface area contributed by atoms with Crippen molar-refractivity contribution in [1.82, 2.24) is 0 Å². The molecule has 0 aliphatic carbocycles. The summed E-state index contributed by atoms with van der Waals surface area (Å²) in [7, 11) is 1.59. The van der Waals surface area contributed by atoms with Crippen molar-refractivity contribution in [2.75, 3.05) is 12.0 Å². The zero-order chi connectivity index (χ0) is 14.2. The molecule has 1 aliphatic rings. The van der Waals surface area contributed by atoms with Crippen LogP contribution in [0.15, 0.2) is 24.3 Å². The average Bonchev–Trinajstić information content (AvgIpc) is 2.36. The topological polar surface area (TPSA) is 55.8 Å². The minimum atomic E-state index is -0.716. The van der Waals surface area contributed by atoms with Crippen molar-refractivity contribution in [3.8, 4) is 5.75 Å². The molecule has 0 N–H and O–H groups in total. The summed E-state index contributed by atoms with van der Waals surface area (Å²) in [6.45, 7) is 5.04. The first kappa shape index (κ1) is 13.4. The van der Waals surface area contributed by atoms with Crippen molar-refractivity contribution in [3.63, 3.8) is 0 Å². The van der Waals surface area contributed by atoms with E-state index in [1.54, 1.807) is 24.1 Å². The number of anilines is 1. The van der Waals surface area contributed by atoms with E-state index in [-0.39, 0.29) is 5.91 Å². The number of carbonyl (C=O) groups excluding carboxylic acids is 2. The van der Waals surface area contributed by atoms with E-state index in [1.165, 1.54) is 6.92 Å². The fourth-order valence-corrected chi connectivity index (χ4v) is 2.31. The summed E-state index contributed by atoms with van der Waals surface area (Å²) in [5.41, 5.74) is 0.219. The molecule has 0 spiro atoms. The van der Waals surface area contributed by atoms with Crippen LogP contribution in [-0.4, -0.2) is 30.6 Å². The molecule has 5 nitrogen and oxygen atoms in total. The third kappa shape index (κ3) is 2.16. The van der Waals surface area contributed by atoms with Crippen molar-refractivity contribution in [2.45, 2.75) is 32.4 Å². The highest BCUT2D eigenvalue weighted by Gasteiger charge is 2.57. The molecule has 1 aromatic rings. The van der Waals surface area contributed by atoms with Gasteiger partial charge >= 0.3 is 5.97 Å². The first-order chi connectivity index (χ1) is 8.87. The lowest BCUT2D eigenvalue weighted by Crippen LogP contribution is -2.73. The van der Waals surface area contributed by atoms with Crippen molar-refractivity contribution in [1.29, 1.82) is 0 Å². The number of carbonyl (C=O) groups is 2. The second-order valence-electron chi connectivity index (χ2n) is 5.01. The number of β-lactam (4-membered cyclic amide) rings is 1. The lowest BCUT2D eigenvalue weighted by atomic mass is 9.83. The molecule has 1 heterocycles. The van der Waals surface area contributed by atoms with Gasteiger partial charge in [0.25, 0.3) is 5.91 Å². The molecule has 0 radical (unpaired) electrons. The van der Waals surface area contributed by atoms with E-state index in [0.29, 0.717) is 0 Å². The van der Waals surface area contributed by atoms with Gasteiger partial charge in [-0.15, -0.1) is 0 Å². The second-order valence-corrected chi connectivity index (χ2v) is 5.01. The first-order valence-electron chi connectivity index (χ1n) is 6.03. The lowest BCUT2D eigenvalue weighted by Gasteiger charge is -2.52. The van der Waals surface area contributed by atoms with Gasteiger partial charge in [0, 0.05) is 12.6 Å². The molecule has 19 heavy (non-hydrogen) atoms. The van der Waals surface area contributed by atoms with Gasteiger partial charge in [0.1, 0.15) is 5.75 Å². The maximum Gasteiger partial charge on any atom is 0.303 e. The van der Waals surface area contributed by atoms with Crippen LogP contribution >= 0.6 is 0 Å². The summed E-state index contributed by atoms with van der Waals surface area (Å²) >= 11 is 0. The number of nitrogens with zero attached hydrogens (tertiary/aromatic N) is 1. The molecule has 0 bridgehead atoms. The highest BCUT2D eigenvalue weighted by molar-refractivity contribution is 6.07. The summed E-state index contributed by atoms with van der Waals surface area (Å²) in [5, 5.41) is 0. The molecular weight excluding hydrogens is 246 g/mol. The van der Waals surface area contributed by atoms with E-state index < -0.39 is 17.6 Å². The minimum Gasteiger partial charge on any atom is -0.497 e. The molecular formula is C14H17NO4. The van der Waals surface area contributed by atoms with E-state index in [9.17, 15) is 9.59 Å². The van der Waals surface area contributed by atoms with Gasteiger partial charge in [0.15, 0.2) is 0 Å². The van der Waals surface area contributed by atoms with E-state index in [1.807, 2.05) is 26.0 Å². The van der Waals surface area contributed by atoms with Crippen LogP contribution in [-0.2, 0) is 14.3 Å². The third-order valence-electron chi connectivity index (χ3n) is 3.28. The standard InChI is InChI=1S/C14H17NO4/c1-9(16)19-12-13(17)15(14(12,2)3)10-5-7-11(18-4)8-6-10/h5-8,12H,1-4H3/t12-/m0/s1. The Hall–Kier alpha value is -2.04. The second kappa shape index (κ2) is 4.57. The molecule has 1 amide bonds. The fourth-order valence-electron chi connectivity index (χ4n) is 2.31. The highest BCUT2D eigenvalue weighted by atomic mass is 16.6. The maximum atomic E-state index is 12.1. The molecule has 102 valence electrons. The predicted molar refractivity (Wildman–Crippen MR) is 70.1 cm³/mol. The number of amides is 1. The van der Waals surface area contributed by atoms with Crippen LogP contribution in [0.25, 0.3) is 0 Å². The Kier molecular flexibility index (Phi) is 3.22. The molecule has 1 saturated heterocycles. The normalized spacial score (nSPS) is 20.7. The van der Waals surface area contributed by atoms with Crippen molar-refractivity contribution >= 4 is 17.6 Å². The van der Waals surface area contributed by atoms with Crippen LogP contribution in [0.4, 0.5) is 5.69 Å². The molecule has 0 aromatic heterocycles. The largest absolute Gasteiger partial charge is 0.497 e. The van der Waals surface area contributed by atoms with Crippen molar-refractivity contribution in [2.24, 2.45) is 0 Å². The fraction of sp³-hybridized carbons (Fsp3) is 0.429. The molecule has 1 atom stereocenters. The monoisotopic (exact) mass is 263 g/mol. The lowest BCUT2D eigenvalue weighted by molar-refractivity contribution is -0.165. The Morgan fingerprint density at radius 3 is 2.26 bits per heavy atom. The van der Waals surface area contributed by atoms with Gasteiger partial charge in [0.05, 0.1) is 12.6 Å². The predicted octanol–water partition coefficient (Wildman–Crippen LogP) is 1.75. The highest BCUT2D eigenvalue weighted by Crippen LogP contribution is 2.39. The molecule has 0 unspecified atom stereocenters. The zero-order valence-electron chi connectivity index (χ0n) is 11.5. The smallest absolute Gasteiger partial charge is 0.303 e. The van der Waals surface area contributed by atoms with Gasteiger partial charge in [-0.2, -0.15) is 0 Å². The van der Waals surface area contributed by atoms with E-state index in [0.717, 1.165) is 11.4 Å². The Balaban J connectivity index is 2.22. The zero-order valence-corrected chi connectivity index (χ0v) is 11.5. The van der Waals surface area contributed by atoms with Crippen LogP contribution in [0.1, 0.15) is 20.8 Å². The Morgan fingerprint density at radius 1 is 1.26 bits per heavy atom.